The molecule has 1 rings (SSSR count). The van der Waals surface area contributed by atoms with Crippen molar-refractivity contribution in [3.8, 4) is 0 Å². The molecule has 0 heterocycles. The first kappa shape index (κ1) is 15.5. The van der Waals surface area contributed by atoms with Crippen LogP contribution in [0.5, 0.6) is 0 Å². The number of hydrogen-bond acceptors (Lipinski definition) is 1. The summed E-state index contributed by atoms with van der Waals surface area (Å²) in [4.78, 5) is 0. The molecule has 1 aromatic rings. The molecule has 2 atom stereocenters. The lowest BCUT2D eigenvalue weighted by Gasteiger charge is -2.24. The topological polar surface area (TPSA) is 12.0 Å². The van der Waals surface area contributed by atoms with Crippen molar-refractivity contribution in [1.29, 1.82) is 0 Å². The Morgan fingerprint density at radius 3 is 2.61 bits per heavy atom. The smallest absolute Gasteiger partial charge is 0.142 e. The zero-order chi connectivity index (χ0) is 13.5. The van der Waals surface area contributed by atoms with Crippen LogP contribution >= 0.6 is 11.6 Å². The van der Waals surface area contributed by atoms with E-state index in [-0.39, 0.29) is 10.8 Å². The van der Waals surface area contributed by atoms with Crippen molar-refractivity contribution in [3.05, 3.63) is 34.6 Å². The maximum absolute atomic E-state index is 13.4. The molecule has 0 radical (unpaired) electrons. The van der Waals surface area contributed by atoms with Crippen molar-refractivity contribution in [2.45, 2.75) is 46.1 Å². The van der Waals surface area contributed by atoms with Gasteiger partial charge >= 0.3 is 0 Å². The van der Waals surface area contributed by atoms with Crippen molar-refractivity contribution in [2.24, 2.45) is 5.92 Å². The van der Waals surface area contributed by atoms with E-state index in [9.17, 15) is 4.39 Å². The highest BCUT2D eigenvalue weighted by atomic mass is 35.5. The fraction of sp³-hybridized carbons (Fsp3) is 0.600. The lowest BCUT2D eigenvalue weighted by atomic mass is 9.92. The Bertz CT molecular complexity index is 368. The molecule has 0 saturated carbocycles. The number of halogens is 2. The Kier molecular flexibility index (Phi) is 6.66. The van der Waals surface area contributed by atoms with Gasteiger partial charge in [0, 0.05) is 6.04 Å². The van der Waals surface area contributed by atoms with E-state index < -0.39 is 0 Å². The molecule has 18 heavy (non-hydrogen) atoms. The Labute approximate surface area is 115 Å². The van der Waals surface area contributed by atoms with Gasteiger partial charge in [0.05, 0.1) is 5.02 Å². The van der Waals surface area contributed by atoms with Crippen LogP contribution < -0.4 is 5.32 Å². The number of rotatable bonds is 7. The second-order valence-electron chi connectivity index (χ2n) is 4.90. The van der Waals surface area contributed by atoms with Gasteiger partial charge in [-0.2, -0.15) is 0 Å². The molecular formula is C15H23ClFN. The molecule has 0 aliphatic carbocycles. The largest absolute Gasteiger partial charge is 0.314 e. The maximum Gasteiger partial charge on any atom is 0.142 e. The van der Waals surface area contributed by atoms with Gasteiger partial charge in [0.15, 0.2) is 0 Å². The average Bonchev–Trinajstić information content (AvgIpc) is 2.35. The van der Waals surface area contributed by atoms with Gasteiger partial charge in [0.1, 0.15) is 5.82 Å². The summed E-state index contributed by atoms with van der Waals surface area (Å²) in [5.41, 5.74) is 1.01. The predicted molar refractivity (Wildman–Crippen MR) is 76.7 cm³/mol. The minimum absolute atomic E-state index is 0.197. The Balaban J connectivity index is 2.61. The van der Waals surface area contributed by atoms with Crippen LogP contribution in [0.2, 0.25) is 5.02 Å². The predicted octanol–water partition coefficient (Wildman–Crippen LogP) is 4.44. The zero-order valence-corrected chi connectivity index (χ0v) is 12.2. The summed E-state index contributed by atoms with van der Waals surface area (Å²) in [5.74, 6) is 0.165. The van der Waals surface area contributed by atoms with E-state index in [4.69, 9.17) is 11.6 Å². The molecule has 0 fully saturated rings. The minimum atomic E-state index is -0.323. The standard InChI is InChI=1S/C15H23ClFN/c1-4-8-18-15(5-2)11(3)9-12-6-7-13(16)14(17)10-12/h6-7,10-11,15,18H,4-5,8-9H2,1-3H3. The van der Waals surface area contributed by atoms with Crippen LogP contribution in [-0.2, 0) is 6.42 Å². The zero-order valence-electron chi connectivity index (χ0n) is 11.5. The molecule has 0 saturated heterocycles. The fourth-order valence-electron chi connectivity index (χ4n) is 2.26. The molecule has 0 spiro atoms. The molecule has 0 aliphatic heterocycles. The molecule has 3 heteroatoms. The third kappa shape index (κ3) is 4.58. The number of benzene rings is 1. The normalized spacial score (nSPS) is 14.5. The van der Waals surface area contributed by atoms with Crippen molar-refractivity contribution in [3.63, 3.8) is 0 Å². The second kappa shape index (κ2) is 7.75. The molecule has 1 aromatic carbocycles. The van der Waals surface area contributed by atoms with Crippen LogP contribution in [0, 0.1) is 11.7 Å². The molecule has 0 amide bonds. The van der Waals surface area contributed by atoms with Crippen molar-refractivity contribution in [1.82, 2.24) is 5.32 Å². The summed E-state index contributed by atoms with van der Waals surface area (Å²) in [6.45, 7) is 7.60. The molecule has 102 valence electrons. The van der Waals surface area contributed by atoms with Gasteiger partial charge in [-0.25, -0.2) is 4.39 Å². The Morgan fingerprint density at radius 1 is 1.33 bits per heavy atom. The van der Waals surface area contributed by atoms with Crippen LogP contribution in [-0.4, -0.2) is 12.6 Å². The first-order chi connectivity index (χ1) is 8.58. The molecule has 1 N–H and O–H groups in total. The van der Waals surface area contributed by atoms with Gasteiger partial charge < -0.3 is 5.32 Å². The van der Waals surface area contributed by atoms with Gasteiger partial charge in [0.2, 0.25) is 0 Å². The van der Waals surface area contributed by atoms with Gasteiger partial charge in [-0.05, 0) is 49.4 Å². The summed E-state index contributed by atoms with van der Waals surface area (Å²) in [6.07, 6.45) is 3.11. The fourth-order valence-corrected chi connectivity index (χ4v) is 2.38. The summed E-state index contributed by atoms with van der Waals surface area (Å²) in [7, 11) is 0. The third-order valence-corrected chi connectivity index (χ3v) is 3.63. The van der Waals surface area contributed by atoms with Crippen molar-refractivity contribution in [2.75, 3.05) is 6.54 Å². The number of nitrogens with one attached hydrogen (secondary N) is 1. The Morgan fingerprint density at radius 2 is 2.06 bits per heavy atom. The quantitative estimate of drug-likeness (QED) is 0.773. The molecular weight excluding hydrogens is 249 g/mol. The highest BCUT2D eigenvalue weighted by molar-refractivity contribution is 6.30. The van der Waals surface area contributed by atoms with Crippen LogP contribution in [0.1, 0.15) is 39.2 Å². The third-order valence-electron chi connectivity index (χ3n) is 3.32. The van der Waals surface area contributed by atoms with Gasteiger partial charge in [-0.3, -0.25) is 0 Å². The first-order valence-corrected chi connectivity index (χ1v) is 7.13. The molecule has 1 nitrogen and oxygen atoms in total. The van der Waals surface area contributed by atoms with Gasteiger partial charge in [0.25, 0.3) is 0 Å². The highest BCUT2D eigenvalue weighted by Gasteiger charge is 2.15. The van der Waals surface area contributed by atoms with Gasteiger partial charge in [-0.15, -0.1) is 0 Å². The molecule has 0 aromatic heterocycles. The summed E-state index contributed by atoms with van der Waals surface area (Å²) in [6, 6.07) is 5.59. The summed E-state index contributed by atoms with van der Waals surface area (Å²) < 4.78 is 13.4. The van der Waals surface area contributed by atoms with E-state index in [2.05, 4.69) is 26.1 Å². The molecule has 2 unspecified atom stereocenters. The summed E-state index contributed by atoms with van der Waals surface area (Å²) >= 11 is 5.69. The monoisotopic (exact) mass is 271 g/mol. The molecule has 0 bridgehead atoms. The summed E-state index contributed by atoms with van der Waals surface area (Å²) in [5, 5.41) is 3.74. The minimum Gasteiger partial charge on any atom is -0.314 e. The van der Waals surface area contributed by atoms with E-state index in [0.29, 0.717) is 12.0 Å². The highest BCUT2D eigenvalue weighted by Crippen LogP contribution is 2.19. The first-order valence-electron chi connectivity index (χ1n) is 6.75. The SMILES string of the molecule is CCCNC(CC)C(C)Cc1ccc(Cl)c(F)c1. The lowest BCUT2D eigenvalue weighted by molar-refractivity contribution is 0.364. The van der Waals surface area contributed by atoms with E-state index in [1.54, 1.807) is 12.1 Å². The van der Waals surface area contributed by atoms with Crippen molar-refractivity contribution < 1.29 is 4.39 Å². The van der Waals surface area contributed by atoms with Crippen LogP contribution in [0.15, 0.2) is 18.2 Å². The second-order valence-corrected chi connectivity index (χ2v) is 5.31. The van der Waals surface area contributed by atoms with Crippen molar-refractivity contribution >= 4 is 11.6 Å². The Hall–Kier alpha value is -0.600. The molecule has 0 aliphatic rings. The van der Waals surface area contributed by atoms with Crippen LogP contribution in [0.3, 0.4) is 0 Å². The van der Waals surface area contributed by atoms with E-state index in [1.165, 1.54) is 0 Å². The number of hydrogen-bond donors (Lipinski definition) is 1. The van der Waals surface area contributed by atoms with E-state index in [0.717, 1.165) is 31.4 Å². The van der Waals surface area contributed by atoms with E-state index in [1.807, 2.05) is 6.07 Å². The van der Waals surface area contributed by atoms with E-state index >= 15 is 0 Å². The lowest BCUT2D eigenvalue weighted by Crippen LogP contribution is -2.35. The average molecular weight is 272 g/mol. The maximum atomic E-state index is 13.4. The van der Waals surface area contributed by atoms with Crippen LogP contribution in [0.25, 0.3) is 0 Å². The van der Waals surface area contributed by atoms with Crippen LogP contribution in [0.4, 0.5) is 4.39 Å². The van der Waals surface area contributed by atoms with Gasteiger partial charge in [-0.1, -0.05) is 38.4 Å².